The molecular formula is C24H23NO4. The maximum atomic E-state index is 13.3. The van der Waals surface area contributed by atoms with Crippen molar-refractivity contribution in [1.82, 2.24) is 4.90 Å². The highest BCUT2D eigenvalue weighted by Gasteiger charge is 2.44. The summed E-state index contributed by atoms with van der Waals surface area (Å²) in [5.74, 6) is -1.35. The highest BCUT2D eigenvalue weighted by atomic mass is 16.3. The number of fused-ring (bicyclic) bond motifs is 1. The second kappa shape index (κ2) is 7.59. The topological polar surface area (TPSA) is 70.8 Å². The summed E-state index contributed by atoms with van der Waals surface area (Å²) >= 11 is 0. The second-order valence-corrected chi connectivity index (χ2v) is 7.24. The van der Waals surface area contributed by atoms with Gasteiger partial charge in [-0.3, -0.25) is 9.59 Å². The van der Waals surface area contributed by atoms with Crippen molar-refractivity contribution in [3.63, 3.8) is 0 Å². The number of Topliss-reactive ketones (excluding diaryl/α,β-unsaturated/α-hetero) is 1. The quantitative estimate of drug-likeness (QED) is 0.604. The van der Waals surface area contributed by atoms with E-state index in [1.54, 1.807) is 17.0 Å². The Balaban J connectivity index is 1.80. The van der Waals surface area contributed by atoms with Gasteiger partial charge >= 0.3 is 0 Å². The molecule has 1 N–H and O–H groups in total. The van der Waals surface area contributed by atoms with Gasteiger partial charge in [0.05, 0.1) is 11.6 Å². The molecule has 2 aromatic carbocycles. The van der Waals surface area contributed by atoms with Crippen LogP contribution in [0, 0.1) is 0 Å². The van der Waals surface area contributed by atoms with Gasteiger partial charge in [0.1, 0.15) is 5.58 Å². The predicted octanol–water partition coefficient (Wildman–Crippen LogP) is 4.98. The Labute approximate surface area is 169 Å². The molecule has 2 heterocycles. The van der Waals surface area contributed by atoms with Crippen molar-refractivity contribution in [2.45, 2.75) is 32.7 Å². The van der Waals surface area contributed by atoms with Gasteiger partial charge in [0, 0.05) is 11.9 Å². The average Bonchev–Trinajstić information content (AvgIpc) is 3.28. The Morgan fingerprint density at radius 2 is 1.83 bits per heavy atom. The van der Waals surface area contributed by atoms with Crippen LogP contribution in [-0.4, -0.2) is 28.2 Å². The average molecular weight is 389 g/mol. The van der Waals surface area contributed by atoms with E-state index in [0.717, 1.165) is 17.4 Å². The van der Waals surface area contributed by atoms with Crippen LogP contribution in [0.25, 0.3) is 11.0 Å². The van der Waals surface area contributed by atoms with Gasteiger partial charge in [0.15, 0.2) is 11.5 Å². The summed E-state index contributed by atoms with van der Waals surface area (Å²) in [6.07, 6.45) is 1.61. The number of benzene rings is 2. The third-order valence-electron chi connectivity index (χ3n) is 5.37. The highest BCUT2D eigenvalue weighted by Crippen LogP contribution is 2.39. The largest absolute Gasteiger partial charge is 0.503 e. The molecule has 148 valence electrons. The third kappa shape index (κ3) is 3.23. The Morgan fingerprint density at radius 3 is 2.48 bits per heavy atom. The van der Waals surface area contributed by atoms with Gasteiger partial charge in [0.2, 0.25) is 5.78 Å². The summed E-state index contributed by atoms with van der Waals surface area (Å²) in [6, 6.07) is 16.2. The van der Waals surface area contributed by atoms with Gasteiger partial charge in [-0.15, -0.1) is 0 Å². The zero-order valence-corrected chi connectivity index (χ0v) is 16.5. The normalized spacial score (nSPS) is 16.8. The fraction of sp³-hybridized carbons (Fsp3) is 0.250. The fourth-order valence-electron chi connectivity index (χ4n) is 3.87. The first-order chi connectivity index (χ1) is 14.0. The van der Waals surface area contributed by atoms with E-state index in [0.29, 0.717) is 18.5 Å². The van der Waals surface area contributed by atoms with E-state index in [-0.39, 0.29) is 11.3 Å². The van der Waals surface area contributed by atoms with Crippen LogP contribution >= 0.6 is 0 Å². The Kier molecular flexibility index (Phi) is 4.97. The van der Waals surface area contributed by atoms with Gasteiger partial charge < -0.3 is 14.4 Å². The van der Waals surface area contributed by atoms with Crippen LogP contribution in [0.3, 0.4) is 0 Å². The molecule has 0 saturated carbocycles. The molecule has 1 atom stereocenters. The minimum Gasteiger partial charge on any atom is -0.503 e. The Bertz CT molecular complexity index is 1070. The zero-order chi connectivity index (χ0) is 20.5. The molecule has 29 heavy (non-hydrogen) atoms. The first-order valence-corrected chi connectivity index (χ1v) is 9.91. The van der Waals surface area contributed by atoms with E-state index in [4.69, 9.17) is 4.42 Å². The van der Waals surface area contributed by atoms with E-state index < -0.39 is 23.5 Å². The molecule has 0 saturated heterocycles. The SMILES string of the molecule is CCCN1C(=O)C(O)=C(C(=O)c2cc3ccccc3o2)C1c1ccc(CC)cc1. The van der Waals surface area contributed by atoms with Crippen LogP contribution in [0.5, 0.6) is 0 Å². The lowest BCUT2D eigenvalue weighted by atomic mass is 9.94. The van der Waals surface area contributed by atoms with Crippen molar-refractivity contribution in [2.75, 3.05) is 6.54 Å². The standard InChI is InChI=1S/C24H23NO4/c1-3-13-25-21(16-11-9-15(4-2)10-12-16)20(23(27)24(25)28)22(26)19-14-17-7-5-6-8-18(17)29-19/h5-12,14,21,27H,3-4,13H2,1-2H3. The van der Waals surface area contributed by atoms with Crippen molar-refractivity contribution in [3.8, 4) is 0 Å². The number of aliphatic hydroxyl groups is 1. The number of hydrogen-bond donors (Lipinski definition) is 1. The van der Waals surface area contributed by atoms with E-state index >= 15 is 0 Å². The molecular weight excluding hydrogens is 366 g/mol. The summed E-state index contributed by atoms with van der Waals surface area (Å²) in [4.78, 5) is 27.7. The van der Waals surface area contributed by atoms with Crippen molar-refractivity contribution in [2.24, 2.45) is 0 Å². The van der Waals surface area contributed by atoms with Crippen LogP contribution in [-0.2, 0) is 11.2 Å². The molecule has 1 aromatic heterocycles. The number of rotatable bonds is 6. The second-order valence-electron chi connectivity index (χ2n) is 7.24. The van der Waals surface area contributed by atoms with Crippen LogP contribution in [0.2, 0.25) is 0 Å². The maximum Gasteiger partial charge on any atom is 0.290 e. The van der Waals surface area contributed by atoms with Crippen molar-refractivity contribution in [3.05, 3.63) is 82.8 Å². The molecule has 0 radical (unpaired) electrons. The summed E-state index contributed by atoms with van der Waals surface area (Å²) < 4.78 is 5.72. The molecule has 1 aliphatic heterocycles. The number of nitrogens with zero attached hydrogens (tertiary/aromatic N) is 1. The molecule has 0 spiro atoms. The lowest BCUT2D eigenvalue weighted by Crippen LogP contribution is -2.31. The number of aliphatic hydroxyl groups excluding tert-OH is 1. The van der Waals surface area contributed by atoms with Crippen molar-refractivity contribution < 1.29 is 19.1 Å². The van der Waals surface area contributed by atoms with E-state index in [1.165, 1.54) is 5.56 Å². The van der Waals surface area contributed by atoms with Gasteiger partial charge in [-0.25, -0.2) is 0 Å². The first kappa shape index (κ1) is 19.0. The highest BCUT2D eigenvalue weighted by molar-refractivity contribution is 6.16. The number of furan rings is 1. The number of hydrogen-bond acceptors (Lipinski definition) is 4. The number of para-hydroxylation sites is 1. The van der Waals surface area contributed by atoms with E-state index in [9.17, 15) is 14.7 Å². The lowest BCUT2D eigenvalue weighted by molar-refractivity contribution is -0.129. The minimum absolute atomic E-state index is 0.0757. The smallest absolute Gasteiger partial charge is 0.290 e. The number of carbonyl (C=O) groups excluding carboxylic acids is 2. The van der Waals surface area contributed by atoms with Crippen molar-refractivity contribution >= 4 is 22.7 Å². The number of amides is 1. The van der Waals surface area contributed by atoms with Gasteiger partial charge in [-0.05, 0) is 36.1 Å². The Morgan fingerprint density at radius 1 is 1.10 bits per heavy atom. The van der Waals surface area contributed by atoms with Gasteiger partial charge in [0.25, 0.3) is 5.91 Å². The van der Waals surface area contributed by atoms with Crippen LogP contribution < -0.4 is 0 Å². The molecule has 1 unspecified atom stereocenters. The molecule has 0 fully saturated rings. The van der Waals surface area contributed by atoms with Crippen molar-refractivity contribution in [1.29, 1.82) is 0 Å². The molecule has 1 aliphatic rings. The predicted molar refractivity (Wildman–Crippen MR) is 111 cm³/mol. The molecule has 4 rings (SSSR count). The summed E-state index contributed by atoms with van der Waals surface area (Å²) in [5.41, 5.74) is 2.63. The van der Waals surface area contributed by atoms with E-state index in [1.807, 2.05) is 49.4 Å². The third-order valence-corrected chi connectivity index (χ3v) is 5.37. The number of aryl methyl sites for hydroxylation is 1. The molecule has 0 aliphatic carbocycles. The molecule has 5 heteroatoms. The molecule has 1 amide bonds. The van der Waals surface area contributed by atoms with E-state index in [2.05, 4.69) is 6.92 Å². The number of carbonyl (C=O) groups is 2. The summed E-state index contributed by atoms with van der Waals surface area (Å²) in [5, 5.41) is 11.4. The summed E-state index contributed by atoms with van der Waals surface area (Å²) in [6.45, 7) is 4.47. The number of ketones is 1. The monoisotopic (exact) mass is 389 g/mol. The molecule has 3 aromatic rings. The van der Waals surface area contributed by atoms with Crippen LogP contribution in [0.1, 0.15) is 48.0 Å². The van der Waals surface area contributed by atoms with Crippen LogP contribution in [0.15, 0.2) is 70.3 Å². The fourth-order valence-corrected chi connectivity index (χ4v) is 3.87. The summed E-state index contributed by atoms with van der Waals surface area (Å²) in [7, 11) is 0. The zero-order valence-electron chi connectivity index (χ0n) is 16.5. The Hall–Kier alpha value is -3.34. The van der Waals surface area contributed by atoms with Gasteiger partial charge in [-0.2, -0.15) is 0 Å². The molecule has 0 bridgehead atoms. The first-order valence-electron chi connectivity index (χ1n) is 9.91. The lowest BCUT2D eigenvalue weighted by Gasteiger charge is -2.26. The minimum atomic E-state index is -0.630. The molecule has 5 nitrogen and oxygen atoms in total. The maximum absolute atomic E-state index is 13.3. The van der Waals surface area contributed by atoms with Crippen LogP contribution in [0.4, 0.5) is 0 Å². The van der Waals surface area contributed by atoms with Gasteiger partial charge in [-0.1, -0.05) is 56.3 Å².